The van der Waals surface area contributed by atoms with Gasteiger partial charge in [-0.25, -0.2) is 4.98 Å². The lowest BCUT2D eigenvalue weighted by atomic mass is 10.1. The summed E-state index contributed by atoms with van der Waals surface area (Å²) in [5, 5.41) is 4.13. The highest BCUT2D eigenvalue weighted by atomic mass is 16.1. The number of nitrogens with one attached hydrogen (secondary N) is 1. The Labute approximate surface area is 174 Å². The molecule has 154 valence electrons. The van der Waals surface area contributed by atoms with Gasteiger partial charge in [-0.2, -0.15) is 0 Å². The van der Waals surface area contributed by atoms with Crippen molar-refractivity contribution in [2.75, 3.05) is 17.3 Å². The summed E-state index contributed by atoms with van der Waals surface area (Å²) in [6, 6.07) is 12.3. The summed E-state index contributed by atoms with van der Waals surface area (Å²) < 4.78 is 0. The lowest BCUT2D eigenvalue weighted by molar-refractivity contribution is -0.119. The van der Waals surface area contributed by atoms with Gasteiger partial charge in [0.15, 0.2) is 0 Å². The predicted molar refractivity (Wildman–Crippen MR) is 117 cm³/mol. The van der Waals surface area contributed by atoms with E-state index in [4.69, 9.17) is 11.5 Å². The molecule has 0 unspecified atom stereocenters. The Kier molecular flexibility index (Phi) is 5.22. The van der Waals surface area contributed by atoms with Crippen LogP contribution in [0.2, 0.25) is 0 Å². The molecule has 8 heteroatoms. The maximum Gasteiger partial charge on any atom is 0.252 e. The zero-order valence-electron chi connectivity index (χ0n) is 16.7. The molecular weight excluding hydrogens is 380 g/mol. The van der Waals surface area contributed by atoms with E-state index in [9.17, 15) is 9.59 Å². The van der Waals surface area contributed by atoms with Gasteiger partial charge in [-0.1, -0.05) is 18.9 Å². The van der Waals surface area contributed by atoms with Crippen LogP contribution in [0, 0.1) is 5.92 Å². The molecule has 2 aromatic heterocycles. The highest BCUT2D eigenvalue weighted by molar-refractivity contribution is 5.99. The number of rotatable bonds is 8. The Morgan fingerprint density at radius 2 is 2.00 bits per heavy atom. The van der Waals surface area contributed by atoms with Crippen LogP contribution >= 0.6 is 0 Å². The standard InChI is InChI=1S/C22H24N6O2/c1-28(18(21(24)30)11-13-4-5-13)19-9-7-16(20(23)29)22(27-19)26-15-6-8-17-14(12-15)3-2-10-25-17/h2-3,6-10,12-13,18H,4-5,11H2,1H3,(H2,23,29)(H2,24,30)(H,26,27)/t18-/m1/s1. The number of aromatic nitrogens is 2. The number of hydrogen-bond acceptors (Lipinski definition) is 6. The minimum absolute atomic E-state index is 0.260. The third-order valence-corrected chi connectivity index (χ3v) is 5.42. The number of nitrogens with zero attached hydrogens (tertiary/aromatic N) is 3. The molecular formula is C22H24N6O2. The first-order valence-electron chi connectivity index (χ1n) is 9.87. The van der Waals surface area contributed by atoms with E-state index < -0.39 is 11.9 Å². The molecule has 4 rings (SSSR count). The van der Waals surface area contributed by atoms with Crippen molar-refractivity contribution >= 4 is 40.0 Å². The maximum absolute atomic E-state index is 12.0. The molecule has 1 saturated carbocycles. The molecule has 1 atom stereocenters. The van der Waals surface area contributed by atoms with Gasteiger partial charge in [0.1, 0.15) is 17.7 Å². The summed E-state index contributed by atoms with van der Waals surface area (Å²) in [6.07, 6.45) is 4.67. The Morgan fingerprint density at radius 1 is 1.20 bits per heavy atom. The summed E-state index contributed by atoms with van der Waals surface area (Å²) in [4.78, 5) is 34.6. The van der Waals surface area contributed by atoms with E-state index in [0.717, 1.165) is 29.4 Å². The highest BCUT2D eigenvalue weighted by Gasteiger charge is 2.31. The summed E-state index contributed by atoms with van der Waals surface area (Å²) in [5.41, 5.74) is 13.1. The van der Waals surface area contributed by atoms with Gasteiger partial charge in [-0.3, -0.25) is 14.6 Å². The van der Waals surface area contributed by atoms with Crippen molar-refractivity contribution in [1.82, 2.24) is 9.97 Å². The van der Waals surface area contributed by atoms with Gasteiger partial charge in [0.05, 0.1) is 11.1 Å². The SMILES string of the molecule is CN(c1ccc(C(N)=O)c(Nc2ccc3ncccc3c2)n1)[C@H](CC1CC1)C(N)=O. The van der Waals surface area contributed by atoms with E-state index in [-0.39, 0.29) is 11.5 Å². The summed E-state index contributed by atoms with van der Waals surface area (Å²) in [6.45, 7) is 0. The number of fused-ring (bicyclic) bond motifs is 1. The summed E-state index contributed by atoms with van der Waals surface area (Å²) >= 11 is 0. The first kappa shape index (κ1) is 19.6. The van der Waals surface area contributed by atoms with Gasteiger partial charge in [-0.05, 0) is 48.7 Å². The third-order valence-electron chi connectivity index (χ3n) is 5.42. The van der Waals surface area contributed by atoms with Gasteiger partial charge in [-0.15, -0.1) is 0 Å². The Hall–Kier alpha value is -3.68. The van der Waals surface area contributed by atoms with Crippen molar-refractivity contribution in [3.05, 3.63) is 54.2 Å². The molecule has 0 bridgehead atoms. The number of primary amides is 2. The summed E-state index contributed by atoms with van der Waals surface area (Å²) in [5.74, 6) is 0.408. The molecule has 8 nitrogen and oxygen atoms in total. The van der Waals surface area contributed by atoms with Crippen LogP contribution in [0.4, 0.5) is 17.3 Å². The quantitative estimate of drug-likeness (QED) is 0.529. The number of benzene rings is 1. The Morgan fingerprint density at radius 3 is 2.70 bits per heavy atom. The van der Waals surface area contributed by atoms with Gasteiger partial charge in [0, 0.05) is 24.3 Å². The molecule has 1 fully saturated rings. The molecule has 1 aromatic carbocycles. The topological polar surface area (TPSA) is 127 Å². The number of hydrogen-bond donors (Lipinski definition) is 3. The number of likely N-dealkylation sites (N-methyl/N-ethyl adjacent to an activating group) is 1. The summed E-state index contributed by atoms with van der Waals surface area (Å²) in [7, 11) is 1.79. The molecule has 0 saturated heterocycles. The van der Waals surface area contributed by atoms with Crippen molar-refractivity contribution in [1.29, 1.82) is 0 Å². The van der Waals surface area contributed by atoms with E-state index in [1.54, 1.807) is 30.3 Å². The second-order valence-electron chi connectivity index (χ2n) is 7.67. The molecule has 2 heterocycles. The lowest BCUT2D eigenvalue weighted by Crippen LogP contribution is -2.43. The van der Waals surface area contributed by atoms with E-state index in [1.807, 2.05) is 30.3 Å². The highest BCUT2D eigenvalue weighted by Crippen LogP contribution is 2.35. The number of carbonyl (C=O) groups is 2. The minimum Gasteiger partial charge on any atom is -0.368 e. The molecule has 1 aliphatic rings. The van der Waals surface area contributed by atoms with Crippen LogP contribution in [0.5, 0.6) is 0 Å². The van der Waals surface area contributed by atoms with Crippen LogP contribution in [-0.4, -0.2) is 34.9 Å². The van der Waals surface area contributed by atoms with Crippen LogP contribution in [0.15, 0.2) is 48.7 Å². The van der Waals surface area contributed by atoms with Crippen molar-refractivity contribution in [2.45, 2.75) is 25.3 Å². The van der Waals surface area contributed by atoms with Gasteiger partial charge >= 0.3 is 0 Å². The molecule has 1 aliphatic carbocycles. The number of anilines is 3. The number of carbonyl (C=O) groups excluding carboxylic acids is 2. The van der Waals surface area contributed by atoms with Gasteiger partial charge in [0.25, 0.3) is 5.91 Å². The minimum atomic E-state index is -0.592. The molecule has 30 heavy (non-hydrogen) atoms. The average Bonchev–Trinajstić information content (AvgIpc) is 3.55. The van der Waals surface area contributed by atoms with Gasteiger partial charge < -0.3 is 21.7 Å². The monoisotopic (exact) mass is 404 g/mol. The van der Waals surface area contributed by atoms with Crippen LogP contribution < -0.4 is 21.7 Å². The smallest absolute Gasteiger partial charge is 0.252 e. The molecule has 2 amide bonds. The van der Waals surface area contributed by atoms with E-state index in [2.05, 4.69) is 15.3 Å². The fraction of sp³-hybridized carbons (Fsp3) is 0.273. The predicted octanol–water partition coefficient (Wildman–Crippen LogP) is 2.56. The maximum atomic E-state index is 12.0. The molecule has 5 N–H and O–H groups in total. The van der Waals surface area contributed by atoms with E-state index in [1.165, 1.54) is 0 Å². The van der Waals surface area contributed by atoms with Crippen LogP contribution in [-0.2, 0) is 4.79 Å². The molecule has 0 radical (unpaired) electrons. The van der Waals surface area contributed by atoms with Crippen LogP contribution in [0.1, 0.15) is 29.6 Å². The molecule has 0 aliphatic heterocycles. The van der Waals surface area contributed by atoms with E-state index >= 15 is 0 Å². The van der Waals surface area contributed by atoms with Crippen LogP contribution in [0.3, 0.4) is 0 Å². The second-order valence-corrected chi connectivity index (χ2v) is 7.67. The average molecular weight is 404 g/mol. The fourth-order valence-corrected chi connectivity index (χ4v) is 3.52. The third kappa shape index (κ3) is 4.17. The molecule has 3 aromatic rings. The molecule has 0 spiro atoms. The Bertz CT molecular complexity index is 1110. The zero-order chi connectivity index (χ0) is 21.3. The zero-order valence-corrected chi connectivity index (χ0v) is 16.7. The number of amides is 2. The van der Waals surface area contributed by atoms with Crippen molar-refractivity contribution in [3.8, 4) is 0 Å². The second kappa shape index (κ2) is 7.98. The van der Waals surface area contributed by atoms with Gasteiger partial charge in [0.2, 0.25) is 5.91 Å². The first-order chi connectivity index (χ1) is 14.4. The first-order valence-corrected chi connectivity index (χ1v) is 9.87. The van der Waals surface area contributed by atoms with Crippen molar-refractivity contribution in [2.24, 2.45) is 17.4 Å². The lowest BCUT2D eigenvalue weighted by Gasteiger charge is -2.27. The van der Waals surface area contributed by atoms with Crippen LogP contribution in [0.25, 0.3) is 10.9 Å². The van der Waals surface area contributed by atoms with Crippen molar-refractivity contribution in [3.63, 3.8) is 0 Å². The normalized spacial score (nSPS) is 14.3. The van der Waals surface area contributed by atoms with E-state index in [0.29, 0.717) is 24.0 Å². The Balaban J connectivity index is 1.66. The fourth-order valence-electron chi connectivity index (χ4n) is 3.52. The number of nitrogens with two attached hydrogens (primary N) is 2. The largest absolute Gasteiger partial charge is 0.368 e. The number of pyridine rings is 2. The van der Waals surface area contributed by atoms with Crippen molar-refractivity contribution < 1.29 is 9.59 Å².